The first-order valence-corrected chi connectivity index (χ1v) is 14.3. The van der Waals surface area contributed by atoms with Crippen LogP contribution in [-0.2, 0) is 5.41 Å². The number of hydrogen-bond acceptors (Lipinski definition) is 0. The van der Waals surface area contributed by atoms with Gasteiger partial charge in [-0.3, -0.25) is 0 Å². The van der Waals surface area contributed by atoms with Gasteiger partial charge in [-0.25, -0.2) is 0 Å². The molecule has 8 aromatic carbocycles. The number of rotatable bonds is 3. The zero-order chi connectivity index (χ0) is 27.8. The van der Waals surface area contributed by atoms with Gasteiger partial charge in [0.25, 0.3) is 0 Å². The van der Waals surface area contributed by atoms with Crippen LogP contribution < -0.4 is 0 Å². The minimum Gasteiger partial charge on any atom is -0.0622 e. The molecular formula is C41H26. The van der Waals surface area contributed by atoms with Crippen molar-refractivity contribution in [3.05, 3.63) is 180 Å². The zero-order valence-corrected chi connectivity index (χ0v) is 22.4. The van der Waals surface area contributed by atoms with E-state index in [1.165, 1.54) is 60.1 Å². The summed E-state index contributed by atoms with van der Waals surface area (Å²) < 4.78 is 9.94. The smallest absolute Gasteiger partial charge is 0.0622 e. The lowest BCUT2D eigenvalue weighted by atomic mass is 9.67. The first kappa shape index (κ1) is 21.6. The molecule has 0 saturated heterocycles. The highest BCUT2D eigenvalue weighted by molar-refractivity contribution is 6.25. The van der Waals surface area contributed by atoms with Gasteiger partial charge in [0, 0.05) is 0 Å². The summed E-state index contributed by atoms with van der Waals surface area (Å²) in [6, 6.07) is 55.2. The largest absolute Gasteiger partial charge is 0.0713 e. The molecule has 41 heavy (non-hydrogen) atoms. The van der Waals surface area contributed by atoms with Crippen LogP contribution in [0.25, 0.3) is 54.6 Å². The first-order valence-electron chi connectivity index (χ1n) is 14.8. The fourth-order valence-corrected chi connectivity index (χ4v) is 7.49. The summed E-state index contributed by atoms with van der Waals surface area (Å²) in [7, 11) is 0. The third-order valence-electron chi connectivity index (χ3n) is 9.18. The van der Waals surface area contributed by atoms with Crippen LogP contribution in [-0.4, -0.2) is 0 Å². The summed E-state index contributed by atoms with van der Waals surface area (Å²) in [5.74, 6) is 0. The predicted molar refractivity (Wildman–Crippen MR) is 173 cm³/mol. The van der Waals surface area contributed by atoms with Crippen molar-refractivity contribution >= 4 is 32.3 Å². The summed E-state index contributed by atoms with van der Waals surface area (Å²) in [5.41, 5.74) is 8.62. The van der Waals surface area contributed by atoms with Gasteiger partial charge in [0.1, 0.15) is 0 Å². The second-order valence-electron chi connectivity index (χ2n) is 11.2. The molecule has 190 valence electrons. The van der Waals surface area contributed by atoms with Crippen molar-refractivity contribution in [2.75, 3.05) is 0 Å². The number of fused-ring (bicyclic) bond motifs is 3. The molecule has 0 heteroatoms. The van der Waals surface area contributed by atoms with E-state index in [0.29, 0.717) is 6.04 Å². The van der Waals surface area contributed by atoms with Gasteiger partial charge in [0.05, 0.1) is 6.79 Å². The van der Waals surface area contributed by atoms with E-state index in [2.05, 4.69) is 152 Å². The van der Waals surface area contributed by atoms with Crippen molar-refractivity contribution in [1.29, 1.82) is 0 Å². The van der Waals surface area contributed by atoms with Crippen LogP contribution in [0.5, 0.6) is 0 Å². The average molecular weight is 520 g/mol. The van der Waals surface area contributed by atoms with Crippen LogP contribution in [0.15, 0.2) is 158 Å². The summed E-state index contributed by atoms with van der Waals surface area (Å²) in [4.78, 5) is 0. The molecule has 0 saturated carbocycles. The number of benzene rings is 8. The Morgan fingerprint density at radius 2 is 0.951 bits per heavy atom. The topological polar surface area (TPSA) is 0 Å². The van der Waals surface area contributed by atoms with E-state index < -0.39 is 5.41 Å². The molecule has 0 radical (unpaired) electrons. The Kier molecular flexibility index (Phi) is 4.43. The first-order chi connectivity index (χ1) is 20.8. The fraction of sp³-hybridized carbons (Fsp3) is 0.0244. The van der Waals surface area contributed by atoms with E-state index in [1.54, 1.807) is 0 Å². The van der Waals surface area contributed by atoms with Crippen LogP contribution in [0.1, 0.15) is 23.6 Å². The predicted octanol–water partition coefficient (Wildman–Crippen LogP) is 10.6. The molecule has 1 aliphatic carbocycles. The van der Waals surface area contributed by atoms with Crippen LogP contribution in [0, 0.1) is 0 Å². The fourth-order valence-electron chi connectivity index (χ4n) is 7.49. The van der Waals surface area contributed by atoms with E-state index in [-0.39, 0.29) is 0 Å². The second-order valence-corrected chi connectivity index (χ2v) is 11.2. The maximum absolute atomic E-state index is 9.94. The van der Waals surface area contributed by atoms with Crippen LogP contribution in [0.4, 0.5) is 0 Å². The summed E-state index contributed by atoms with van der Waals surface area (Å²) in [6.45, 7) is 0. The third kappa shape index (κ3) is 3.00. The molecule has 0 fully saturated rings. The van der Waals surface area contributed by atoms with Crippen molar-refractivity contribution in [2.24, 2.45) is 0 Å². The van der Waals surface area contributed by atoms with Gasteiger partial charge in [-0.1, -0.05) is 152 Å². The molecule has 0 nitrogen and oxygen atoms in total. The maximum Gasteiger partial charge on any atom is 0.0713 e. The highest BCUT2D eigenvalue weighted by Crippen LogP contribution is 2.56. The standard InChI is InChI=1S/C41H26/c1-2-13-31(14-3-1)41(37-18-6-4-16-34(37)35-17-5-7-19-38(35)41)32-15-9-12-30(26-32)33-24-22-29-21-20-27-10-8-11-28-23-25-36(33)40(29)39(27)28/h1-26H/i26D. The Bertz CT molecular complexity index is 2250. The molecule has 9 rings (SSSR count). The van der Waals surface area contributed by atoms with Crippen LogP contribution in [0.2, 0.25) is 0 Å². The minimum atomic E-state index is -0.592. The third-order valence-corrected chi connectivity index (χ3v) is 9.18. The van der Waals surface area contributed by atoms with Gasteiger partial charge >= 0.3 is 0 Å². The lowest BCUT2D eigenvalue weighted by molar-refractivity contribution is 0.769. The van der Waals surface area contributed by atoms with E-state index in [4.69, 9.17) is 0 Å². The zero-order valence-electron chi connectivity index (χ0n) is 23.4. The molecule has 0 atom stereocenters. The van der Waals surface area contributed by atoms with E-state index in [0.717, 1.165) is 16.7 Å². The molecule has 0 unspecified atom stereocenters. The number of hydrogen-bond donors (Lipinski definition) is 0. The lowest BCUT2D eigenvalue weighted by Crippen LogP contribution is -2.28. The summed E-state index contributed by atoms with van der Waals surface area (Å²) >= 11 is 0. The molecule has 0 aromatic heterocycles. The van der Waals surface area contributed by atoms with Crippen LogP contribution >= 0.6 is 0 Å². The monoisotopic (exact) mass is 519 g/mol. The lowest BCUT2D eigenvalue weighted by Gasteiger charge is -2.34. The molecule has 0 amide bonds. The van der Waals surface area contributed by atoms with Gasteiger partial charge in [-0.05, 0) is 82.9 Å². The van der Waals surface area contributed by atoms with Gasteiger partial charge in [-0.15, -0.1) is 0 Å². The Hall–Kier alpha value is -5.20. The second kappa shape index (κ2) is 8.40. The Morgan fingerprint density at radius 3 is 1.68 bits per heavy atom. The molecule has 8 aromatic rings. The Labute approximate surface area is 240 Å². The molecular weight excluding hydrogens is 492 g/mol. The van der Waals surface area contributed by atoms with Gasteiger partial charge in [-0.2, -0.15) is 0 Å². The highest BCUT2D eigenvalue weighted by Gasteiger charge is 2.45. The molecule has 1 aliphatic rings. The van der Waals surface area contributed by atoms with Crippen molar-refractivity contribution in [2.45, 2.75) is 5.41 Å². The van der Waals surface area contributed by atoms with E-state index in [9.17, 15) is 1.37 Å². The van der Waals surface area contributed by atoms with Gasteiger partial charge in [0.15, 0.2) is 0 Å². The van der Waals surface area contributed by atoms with Crippen molar-refractivity contribution in [3.8, 4) is 22.3 Å². The molecule has 0 N–H and O–H groups in total. The Balaban J connectivity index is 1.39. The highest BCUT2D eigenvalue weighted by atomic mass is 14.5. The van der Waals surface area contributed by atoms with Crippen LogP contribution in [0.3, 0.4) is 0 Å². The van der Waals surface area contributed by atoms with E-state index in [1.807, 2.05) is 0 Å². The quantitative estimate of drug-likeness (QED) is 0.204. The minimum absolute atomic E-state index is 0.572. The molecule has 0 bridgehead atoms. The maximum atomic E-state index is 9.94. The van der Waals surface area contributed by atoms with Gasteiger partial charge < -0.3 is 0 Å². The summed E-state index contributed by atoms with van der Waals surface area (Å²) in [5, 5.41) is 7.52. The normalized spacial score (nSPS) is 13.9. The molecule has 0 spiro atoms. The van der Waals surface area contributed by atoms with Crippen molar-refractivity contribution in [1.82, 2.24) is 0 Å². The average Bonchev–Trinajstić information content (AvgIpc) is 3.35. The van der Waals surface area contributed by atoms with Crippen molar-refractivity contribution in [3.63, 3.8) is 0 Å². The van der Waals surface area contributed by atoms with Gasteiger partial charge in [0.2, 0.25) is 0 Å². The molecule has 0 heterocycles. The SMILES string of the molecule is [2H]c1c(-c2ccc3ccc4cccc5ccc2c3c45)cccc1C1(c2ccccc2)c2ccccc2-c2ccccc21. The molecule has 0 aliphatic heterocycles. The Morgan fingerprint density at radius 1 is 0.390 bits per heavy atom. The van der Waals surface area contributed by atoms with E-state index >= 15 is 0 Å². The van der Waals surface area contributed by atoms with Crippen molar-refractivity contribution < 1.29 is 1.37 Å². The summed E-state index contributed by atoms with van der Waals surface area (Å²) in [6.07, 6.45) is 0.